The number of hydrogen-bond acceptors (Lipinski definition) is 2. The highest BCUT2D eigenvalue weighted by Gasteiger charge is 2.17. The van der Waals surface area contributed by atoms with Crippen LogP contribution in [0.3, 0.4) is 0 Å². The van der Waals surface area contributed by atoms with Gasteiger partial charge in [0.25, 0.3) is 5.91 Å². The molecule has 4 nitrogen and oxygen atoms in total. The van der Waals surface area contributed by atoms with Gasteiger partial charge in [0.1, 0.15) is 0 Å². The first-order chi connectivity index (χ1) is 16.6. The van der Waals surface area contributed by atoms with Crippen LogP contribution in [0, 0.1) is 6.92 Å². The molecule has 5 heteroatoms. The van der Waals surface area contributed by atoms with Gasteiger partial charge in [-0.05, 0) is 60.0 Å². The van der Waals surface area contributed by atoms with E-state index in [0.29, 0.717) is 11.4 Å². The van der Waals surface area contributed by atoms with Gasteiger partial charge in [-0.1, -0.05) is 88.7 Å². The number of halogens is 1. The van der Waals surface area contributed by atoms with E-state index in [-0.39, 0.29) is 5.91 Å². The Hall–Kier alpha value is -3.96. The predicted molar refractivity (Wildman–Crippen MR) is 141 cm³/mol. The first kappa shape index (κ1) is 21.9. The maximum Gasteiger partial charge on any atom is 0.276 e. The van der Waals surface area contributed by atoms with Gasteiger partial charge in [-0.3, -0.25) is 4.79 Å². The van der Waals surface area contributed by atoms with E-state index in [1.807, 2.05) is 78.3 Å². The molecule has 0 aliphatic carbocycles. The van der Waals surface area contributed by atoms with Crippen LogP contribution in [0.25, 0.3) is 28.1 Å². The van der Waals surface area contributed by atoms with E-state index in [0.717, 1.165) is 38.1 Å². The lowest BCUT2D eigenvalue weighted by atomic mass is 10.0. The highest BCUT2D eigenvalue weighted by molar-refractivity contribution is 9.10. The van der Waals surface area contributed by atoms with Crippen LogP contribution in [-0.2, 0) is 0 Å². The molecule has 0 radical (unpaired) electrons. The Bertz CT molecular complexity index is 1460. The smallest absolute Gasteiger partial charge is 0.276 e. The summed E-state index contributed by atoms with van der Waals surface area (Å²) in [5, 5.41) is 7.63. The molecule has 5 rings (SSSR count). The third-order valence-corrected chi connectivity index (χ3v) is 6.05. The number of anilines is 1. The number of aromatic nitrogens is 2. The van der Waals surface area contributed by atoms with Gasteiger partial charge in [0.2, 0.25) is 0 Å². The molecular formula is C29H22BrN3O. The number of carbonyl (C=O) groups excluding carboxylic acids is 1. The third-order valence-electron chi connectivity index (χ3n) is 5.56. The van der Waals surface area contributed by atoms with Crippen molar-refractivity contribution in [2.24, 2.45) is 0 Å². The van der Waals surface area contributed by atoms with Gasteiger partial charge in [-0.2, -0.15) is 5.10 Å². The number of aryl methyl sites for hydroxylation is 1. The Balaban J connectivity index is 1.54. The molecule has 34 heavy (non-hydrogen) atoms. The summed E-state index contributed by atoms with van der Waals surface area (Å²) in [7, 11) is 0. The maximum atomic E-state index is 13.1. The molecule has 4 aromatic carbocycles. The summed E-state index contributed by atoms with van der Waals surface area (Å²) in [4.78, 5) is 13.1. The van der Waals surface area contributed by atoms with Crippen molar-refractivity contribution in [3.8, 4) is 28.1 Å². The first-order valence-corrected chi connectivity index (χ1v) is 11.8. The second-order valence-electron chi connectivity index (χ2n) is 8.07. The second-order valence-corrected chi connectivity index (χ2v) is 8.99. The largest absolute Gasteiger partial charge is 0.321 e. The zero-order valence-electron chi connectivity index (χ0n) is 18.6. The number of hydrogen-bond donors (Lipinski definition) is 1. The third kappa shape index (κ3) is 4.70. The molecule has 1 heterocycles. The molecule has 5 aromatic rings. The fraction of sp³-hybridized carbons (Fsp3) is 0.0345. The van der Waals surface area contributed by atoms with Crippen LogP contribution in [0.2, 0.25) is 0 Å². The summed E-state index contributed by atoms with van der Waals surface area (Å²) < 4.78 is 2.73. The van der Waals surface area contributed by atoms with E-state index in [9.17, 15) is 4.79 Å². The highest BCUT2D eigenvalue weighted by atomic mass is 79.9. The molecule has 0 saturated heterocycles. The number of carbonyl (C=O) groups is 1. The average Bonchev–Trinajstić information content (AvgIpc) is 3.31. The summed E-state index contributed by atoms with van der Waals surface area (Å²) in [6.07, 6.45) is 0. The topological polar surface area (TPSA) is 46.9 Å². The maximum absolute atomic E-state index is 13.1. The first-order valence-electron chi connectivity index (χ1n) is 11.0. The molecule has 0 fully saturated rings. The van der Waals surface area contributed by atoms with E-state index >= 15 is 0 Å². The normalized spacial score (nSPS) is 10.8. The van der Waals surface area contributed by atoms with Crippen LogP contribution in [0.1, 0.15) is 16.1 Å². The predicted octanol–water partition coefficient (Wildman–Crippen LogP) is 7.53. The van der Waals surface area contributed by atoms with Gasteiger partial charge < -0.3 is 5.32 Å². The van der Waals surface area contributed by atoms with Crippen molar-refractivity contribution in [1.29, 1.82) is 0 Å². The van der Waals surface area contributed by atoms with Gasteiger partial charge in [0, 0.05) is 15.7 Å². The van der Waals surface area contributed by atoms with E-state index in [1.54, 1.807) is 0 Å². The van der Waals surface area contributed by atoms with Crippen molar-refractivity contribution in [2.75, 3.05) is 5.32 Å². The quantitative estimate of drug-likeness (QED) is 0.267. The van der Waals surface area contributed by atoms with Crippen LogP contribution in [0.15, 0.2) is 114 Å². The number of benzene rings is 4. The molecule has 0 bridgehead atoms. The van der Waals surface area contributed by atoms with E-state index in [1.165, 1.54) is 0 Å². The minimum Gasteiger partial charge on any atom is -0.321 e. The number of amides is 1. The van der Waals surface area contributed by atoms with Crippen molar-refractivity contribution < 1.29 is 4.79 Å². The van der Waals surface area contributed by atoms with E-state index < -0.39 is 0 Å². The van der Waals surface area contributed by atoms with Crippen LogP contribution < -0.4 is 5.32 Å². The molecule has 0 unspecified atom stereocenters. The lowest BCUT2D eigenvalue weighted by Gasteiger charge is -2.09. The Morgan fingerprint density at radius 1 is 0.765 bits per heavy atom. The Labute approximate surface area is 207 Å². The molecule has 0 atom stereocenters. The SMILES string of the molecule is Cc1cccc(-n2nc(C(=O)Nc3cccc(Br)c3)cc2-c2ccc(-c3ccccc3)cc2)c1. The lowest BCUT2D eigenvalue weighted by molar-refractivity contribution is 0.102. The number of nitrogens with one attached hydrogen (secondary N) is 1. The van der Waals surface area contributed by atoms with Crippen molar-refractivity contribution in [1.82, 2.24) is 9.78 Å². The monoisotopic (exact) mass is 507 g/mol. The second kappa shape index (κ2) is 9.49. The zero-order valence-corrected chi connectivity index (χ0v) is 20.2. The molecule has 1 amide bonds. The molecule has 0 saturated carbocycles. The Morgan fingerprint density at radius 2 is 1.47 bits per heavy atom. The number of nitrogens with zero attached hydrogens (tertiary/aromatic N) is 2. The summed E-state index contributed by atoms with van der Waals surface area (Å²) >= 11 is 3.44. The molecule has 166 valence electrons. The van der Waals surface area contributed by atoms with Gasteiger partial charge in [0.15, 0.2) is 5.69 Å². The van der Waals surface area contributed by atoms with Gasteiger partial charge in [0.05, 0.1) is 11.4 Å². The fourth-order valence-electron chi connectivity index (χ4n) is 3.88. The molecular weight excluding hydrogens is 486 g/mol. The van der Waals surface area contributed by atoms with Crippen molar-refractivity contribution in [3.63, 3.8) is 0 Å². The van der Waals surface area contributed by atoms with Crippen LogP contribution >= 0.6 is 15.9 Å². The molecule has 0 aliphatic heterocycles. The minimum absolute atomic E-state index is 0.258. The lowest BCUT2D eigenvalue weighted by Crippen LogP contribution is -2.13. The molecule has 1 N–H and O–H groups in total. The molecule has 0 aliphatic rings. The van der Waals surface area contributed by atoms with Gasteiger partial charge in [-0.25, -0.2) is 4.68 Å². The average molecular weight is 508 g/mol. The summed E-state index contributed by atoms with van der Waals surface area (Å²) in [5.41, 5.74) is 7.22. The van der Waals surface area contributed by atoms with Crippen molar-refractivity contribution >= 4 is 27.5 Å². The van der Waals surface area contributed by atoms with Crippen LogP contribution in [0.4, 0.5) is 5.69 Å². The summed E-state index contributed by atoms with van der Waals surface area (Å²) in [5.74, 6) is -0.258. The summed E-state index contributed by atoms with van der Waals surface area (Å²) in [6.45, 7) is 2.04. The number of rotatable bonds is 5. The summed E-state index contributed by atoms with van der Waals surface area (Å²) in [6, 6.07) is 36.0. The van der Waals surface area contributed by atoms with Crippen molar-refractivity contribution in [2.45, 2.75) is 6.92 Å². The van der Waals surface area contributed by atoms with Crippen LogP contribution in [-0.4, -0.2) is 15.7 Å². The van der Waals surface area contributed by atoms with Crippen LogP contribution in [0.5, 0.6) is 0 Å². The van der Waals surface area contributed by atoms with Crippen molar-refractivity contribution in [3.05, 3.63) is 125 Å². The van der Waals surface area contributed by atoms with Gasteiger partial charge in [-0.15, -0.1) is 0 Å². The Morgan fingerprint density at radius 3 is 2.21 bits per heavy atom. The van der Waals surface area contributed by atoms with E-state index in [2.05, 4.69) is 68.8 Å². The molecule has 0 spiro atoms. The molecule has 1 aromatic heterocycles. The van der Waals surface area contributed by atoms with E-state index in [4.69, 9.17) is 0 Å². The fourth-order valence-corrected chi connectivity index (χ4v) is 4.28. The van der Waals surface area contributed by atoms with Gasteiger partial charge >= 0.3 is 0 Å². The zero-order chi connectivity index (χ0) is 23.5. The standard InChI is InChI=1S/C29H22BrN3O/c1-20-7-5-12-26(17-20)33-28(23-15-13-22(14-16-23)21-8-3-2-4-9-21)19-27(32-33)29(34)31-25-11-6-10-24(30)18-25/h2-19H,1H3,(H,31,34). The Kier molecular flexibility index (Phi) is 6.11. The minimum atomic E-state index is -0.258. The highest BCUT2D eigenvalue weighted by Crippen LogP contribution is 2.28.